The van der Waals surface area contributed by atoms with Crippen LogP contribution in [0.2, 0.25) is 5.02 Å². The Balaban J connectivity index is 1.67. The molecule has 2 aliphatic rings. The summed E-state index contributed by atoms with van der Waals surface area (Å²) in [4.78, 5) is 18.6. The molecule has 3 aromatic rings. The van der Waals surface area contributed by atoms with Crippen molar-refractivity contribution in [1.82, 2.24) is 14.8 Å². The Hall–Kier alpha value is -2.51. The van der Waals surface area contributed by atoms with E-state index in [-0.39, 0.29) is 22.3 Å². The maximum atomic E-state index is 14.7. The van der Waals surface area contributed by atoms with Crippen molar-refractivity contribution in [2.24, 2.45) is 0 Å². The Labute approximate surface area is 163 Å². The van der Waals surface area contributed by atoms with E-state index in [1.807, 2.05) is 17.5 Å². The molecule has 1 N–H and O–H groups in total. The van der Waals surface area contributed by atoms with Crippen LogP contribution in [0.4, 0.5) is 10.3 Å². The second kappa shape index (κ2) is 6.28. The first kappa shape index (κ1) is 16.6. The van der Waals surface area contributed by atoms with Crippen molar-refractivity contribution in [1.29, 1.82) is 0 Å². The van der Waals surface area contributed by atoms with Gasteiger partial charge in [0.05, 0.1) is 0 Å². The quantitative estimate of drug-likeness (QED) is 0.685. The number of aromatic nitrogens is 3. The number of rotatable bonds is 2. The van der Waals surface area contributed by atoms with Gasteiger partial charge in [-0.2, -0.15) is 10.1 Å². The monoisotopic (exact) mass is 400 g/mol. The summed E-state index contributed by atoms with van der Waals surface area (Å²) in [7, 11) is 0. The van der Waals surface area contributed by atoms with Crippen LogP contribution >= 0.6 is 22.9 Å². The molecular formula is C19H14ClFN4OS. The van der Waals surface area contributed by atoms with Gasteiger partial charge < -0.3 is 5.32 Å². The molecule has 8 heteroatoms. The van der Waals surface area contributed by atoms with Crippen LogP contribution in [0.1, 0.15) is 35.2 Å². The van der Waals surface area contributed by atoms with Gasteiger partial charge in [0.25, 0.3) is 0 Å². The van der Waals surface area contributed by atoms with Gasteiger partial charge in [0.1, 0.15) is 18.2 Å². The predicted molar refractivity (Wildman–Crippen MR) is 102 cm³/mol. The zero-order valence-electron chi connectivity index (χ0n) is 14.0. The average Bonchev–Trinajstić information content (AvgIpc) is 3.32. The highest BCUT2D eigenvalue weighted by atomic mass is 35.5. The number of carbonyl (C=O) groups is 1. The minimum Gasteiger partial charge on any atom is -0.328 e. The molecule has 0 bridgehead atoms. The number of halogens is 2. The molecule has 0 radical (unpaired) electrons. The van der Waals surface area contributed by atoms with E-state index in [4.69, 9.17) is 11.6 Å². The van der Waals surface area contributed by atoms with E-state index < -0.39 is 11.9 Å². The lowest BCUT2D eigenvalue weighted by Crippen LogP contribution is -2.34. The number of Topliss-reactive ketones (excluding diaryl/α,β-unsaturated/α-hetero) is 1. The van der Waals surface area contributed by atoms with Crippen molar-refractivity contribution >= 4 is 34.7 Å². The first-order valence-electron chi connectivity index (χ1n) is 8.53. The molecule has 2 atom stereocenters. The van der Waals surface area contributed by atoms with Crippen LogP contribution in [0.15, 0.2) is 53.3 Å². The van der Waals surface area contributed by atoms with Gasteiger partial charge in [0.2, 0.25) is 5.95 Å². The molecular weight excluding hydrogens is 387 g/mol. The van der Waals surface area contributed by atoms with Gasteiger partial charge >= 0.3 is 0 Å². The van der Waals surface area contributed by atoms with Crippen molar-refractivity contribution in [3.05, 3.63) is 74.6 Å². The number of allylic oxidation sites excluding steroid dienone is 2. The standard InChI is InChI=1S/C19H14ClFN4OS/c20-11-3-1-4-12(21)16(11)18-17-13(24-19-22-9-23-25(18)19)7-10(8-14(17)26)15-5-2-6-27-15/h1-6,9-10,18H,7-8H2,(H,22,23,24)/t10-,18+/m0/s1. The molecule has 2 aromatic heterocycles. The number of nitrogens with one attached hydrogen (secondary N) is 1. The molecule has 1 aliphatic heterocycles. The van der Waals surface area contributed by atoms with Crippen LogP contribution in [0.5, 0.6) is 0 Å². The Morgan fingerprint density at radius 2 is 2.15 bits per heavy atom. The molecule has 0 saturated heterocycles. The lowest BCUT2D eigenvalue weighted by atomic mass is 9.80. The van der Waals surface area contributed by atoms with Crippen LogP contribution in [0.3, 0.4) is 0 Å². The highest BCUT2D eigenvalue weighted by Gasteiger charge is 2.41. The number of ketones is 1. The van der Waals surface area contributed by atoms with Crippen LogP contribution < -0.4 is 5.32 Å². The van der Waals surface area contributed by atoms with Crippen LogP contribution in [-0.2, 0) is 4.79 Å². The van der Waals surface area contributed by atoms with Gasteiger partial charge in [-0.25, -0.2) is 9.07 Å². The van der Waals surface area contributed by atoms with Crippen LogP contribution in [0, 0.1) is 5.82 Å². The lowest BCUT2D eigenvalue weighted by Gasteiger charge is -2.35. The number of anilines is 1. The molecule has 5 nitrogen and oxygen atoms in total. The van der Waals surface area contributed by atoms with E-state index in [0.29, 0.717) is 24.4 Å². The number of fused-ring (bicyclic) bond motifs is 1. The largest absolute Gasteiger partial charge is 0.328 e. The van der Waals surface area contributed by atoms with E-state index in [0.717, 1.165) is 5.70 Å². The Kier molecular flexibility index (Phi) is 3.87. The van der Waals surface area contributed by atoms with Crippen molar-refractivity contribution < 1.29 is 9.18 Å². The normalized spacial score (nSPS) is 21.6. The molecule has 136 valence electrons. The summed E-state index contributed by atoms with van der Waals surface area (Å²) in [5.41, 5.74) is 1.55. The van der Waals surface area contributed by atoms with Gasteiger partial charge in [-0.3, -0.25) is 4.79 Å². The van der Waals surface area contributed by atoms with Crippen molar-refractivity contribution in [3.8, 4) is 0 Å². The van der Waals surface area contributed by atoms with E-state index in [9.17, 15) is 9.18 Å². The number of hydrogen-bond donors (Lipinski definition) is 1. The number of benzene rings is 1. The van der Waals surface area contributed by atoms with Crippen molar-refractivity contribution in [2.45, 2.75) is 24.8 Å². The number of carbonyl (C=O) groups excluding carboxylic acids is 1. The second-order valence-corrected chi connectivity index (χ2v) is 8.01. The van der Waals surface area contributed by atoms with Gasteiger partial charge in [0, 0.05) is 39.1 Å². The van der Waals surface area contributed by atoms with Crippen molar-refractivity contribution in [2.75, 3.05) is 5.32 Å². The van der Waals surface area contributed by atoms with Gasteiger partial charge in [-0.05, 0) is 30.0 Å². The smallest absolute Gasteiger partial charge is 0.226 e. The Morgan fingerprint density at radius 1 is 1.26 bits per heavy atom. The molecule has 0 saturated carbocycles. The zero-order chi connectivity index (χ0) is 18.5. The molecule has 0 amide bonds. The summed E-state index contributed by atoms with van der Waals surface area (Å²) in [6.07, 6.45) is 2.44. The fraction of sp³-hybridized carbons (Fsp3) is 0.211. The first-order valence-corrected chi connectivity index (χ1v) is 9.79. The summed E-state index contributed by atoms with van der Waals surface area (Å²) in [5.74, 6) is 0.108. The maximum absolute atomic E-state index is 14.7. The second-order valence-electron chi connectivity index (χ2n) is 6.63. The third kappa shape index (κ3) is 2.61. The molecule has 0 spiro atoms. The van der Waals surface area contributed by atoms with E-state index >= 15 is 0 Å². The summed E-state index contributed by atoms with van der Waals surface area (Å²) < 4.78 is 16.3. The highest BCUT2D eigenvalue weighted by molar-refractivity contribution is 7.10. The minimum atomic E-state index is -0.718. The predicted octanol–water partition coefficient (Wildman–Crippen LogP) is 4.55. The molecule has 3 heterocycles. The maximum Gasteiger partial charge on any atom is 0.226 e. The summed E-state index contributed by atoms with van der Waals surface area (Å²) in [6, 6.07) is 7.84. The summed E-state index contributed by atoms with van der Waals surface area (Å²) in [6.45, 7) is 0. The summed E-state index contributed by atoms with van der Waals surface area (Å²) >= 11 is 7.97. The lowest BCUT2D eigenvalue weighted by molar-refractivity contribution is -0.116. The summed E-state index contributed by atoms with van der Waals surface area (Å²) in [5, 5.41) is 9.73. The molecule has 27 heavy (non-hydrogen) atoms. The average molecular weight is 401 g/mol. The fourth-order valence-corrected chi connectivity index (χ4v) is 5.01. The molecule has 1 aliphatic carbocycles. The fourth-order valence-electron chi connectivity index (χ4n) is 3.92. The van der Waals surface area contributed by atoms with E-state index in [1.54, 1.807) is 23.5 Å². The third-order valence-corrected chi connectivity index (χ3v) is 6.44. The van der Waals surface area contributed by atoms with Gasteiger partial charge in [-0.15, -0.1) is 11.3 Å². The van der Waals surface area contributed by atoms with Crippen LogP contribution in [-0.4, -0.2) is 20.5 Å². The van der Waals surface area contributed by atoms with Crippen molar-refractivity contribution in [3.63, 3.8) is 0 Å². The third-order valence-electron chi connectivity index (χ3n) is 5.08. The SMILES string of the molecule is O=C1C[C@@H](c2cccs2)CC2=C1[C@@H](c1c(F)cccc1Cl)n1ncnc1N2. The number of nitrogens with zero attached hydrogens (tertiary/aromatic N) is 3. The van der Waals surface area contributed by atoms with Gasteiger partial charge in [-0.1, -0.05) is 23.7 Å². The van der Waals surface area contributed by atoms with Gasteiger partial charge in [0.15, 0.2) is 5.78 Å². The molecule has 0 unspecified atom stereocenters. The topological polar surface area (TPSA) is 59.8 Å². The van der Waals surface area contributed by atoms with Crippen LogP contribution in [0.25, 0.3) is 0 Å². The van der Waals surface area contributed by atoms with E-state index in [1.165, 1.54) is 22.0 Å². The first-order chi connectivity index (χ1) is 13.1. The number of thiophene rings is 1. The molecule has 1 aromatic carbocycles. The molecule has 0 fully saturated rings. The Bertz CT molecular complexity index is 1060. The zero-order valence-corrected chi connectivity index (χ0v) is 15.6. The minimum absolute atomic E-state index is 0.0207. The number of hydrogen-bond acceptors (Lipinski definition) is 5. The highest BCUT2D eigenvalue weighted by Crippen LogP contribution is 2.46. The Morgan fingerprint density at radius 3 is 2.93 bits per heavy atom. The van der Waals surface area contributed by atoms with E-state index in [2.05, 4.69) is 15.4 Å². The molecule has 5 rings (SSSR count).